The number of fused-ring (bicyclic) bond motifs is 3. The smallest absolute Gasteiger partial charge is 0.0760 e. The Bertz CT molecular complexity index is 983. The van der Waals surface area contributed by atoms with Crippen molar-refractivity contribution in [3.63, 3.8) is 0 Å². The van der Waals surface area contributed by atoms with Crippen LogP contribution in [0.1, 0.15) is 28.6 Å². The molecule has 25 heavy (non-hydrogen) atoms. The normalized spacial score (nSPS) is 17.7. The molecule has 0 spiro atoms. The summed E-state index contributed by atoms with van der Waals surface area (Å²) < 4.78 is 0. The van der Waals surface area contributed by atoms with E-state index >= 15 is 0 Å². The summed E-state index contributed by atoms with van der Waals surface area (Å²) in [6.07, 6.45) is 3.09. The van der Waals surface area contributed by atoms with Crippen molar-refractivity contribution in [2.45, 2.75) is 19.0 Å². The Morgan fingerprint density at radius 1 is 0.920 bits per heavy atom. The van der Waals surface area contributed by atoms with Gasteiger partial charge in [-0.2, -0.15) is 0 Å². The zero-order valence-corrected chi connectivity index (χ0v) is 14.1. The average molecular weight is 327 g/mol. The Kier molecular flexibility index (Phi) is 3.46. The van der Waals surface area contributed by atoms with Gasteiger partial charge in [-0.05, 0) is 35.7 Å². The van der Waals surface area contributed by atoms with Gasteiger partial charge in [0.25, 0.3) is 0 Å². The summed E-state index contributed by atoms with van der Waals surface area (Å²) in [5.41, 5.74) is 6.69. The van der Waals surface area contributed by atoms with Gasteiger partial charge in [0.2, 0.25) is 0 Å². The van der Waals surface area contributed by atoms with E-state index in [1.54, 1.807) is 0 Å². The molecule has 3 heteroatoms. The largest absolute Gasteiger partial charge is 0.364 e. The maximum Gasteiger partial charge on any atom is 0.0760 e. The fourth-order valence-corrected chi connectivity index (χ4v) is 4.16. The van der Waals surface area contributed by atoms with Gasteiger partial charge in [-0.25, -0.2) is 0 Å². The van der Waals surface area contributed by atoms with Crippen LogP contribution in [0, 0.1) is 0 Å². The van der Waals surface area contributed by atoms with E-state index in [1.807, 2.05) is 6.20 Å². The first-order valence-electron chi connectivity index (χ1n) is 8.91. The lowest BCUT2D eigenvalue weighted by atomic mass is 9.92. The minimum atomic E-state index is 0.264. The number of nitrogens with zero attached hydrogens (tertiary/aromatic N) is 1. The minimum Gasteiger partial charge on any atom is -0.364 e. The molecule has 2 N–H and O–H groups in total. The highest BCUT2D eigenvalue weighted by molar-refractivity contribution is 5.85. The van der Waals surface area contributed by atoms with Gasteiger partial charge in [0.05, 0.1) is 6.04 Å². The molecular weight excluding hydrogens is 306 g/mol. The predicted octanol–water partition coefficient (Wildman–Crippen LogP) is 4.64. The number of benzene rings is 2. The summed E-state index contributed by atoms with van der Waals surface area (Å²) in [4.78, 5) is 9.65. The zero-order chi connectivity index (χ0) is 16.6. The highest BCUT2D eigenvalue weighted by atomic mass is 15.2. The summed E-state index contributed by atoms with van der Waals surface area (Å²) in [5, 5.41) is 1.37. The Morgan fingerprint density at radius 2 is 1.76 bits per heavy atom. The molecule has 0 saturated heterocycles. The highest BCUT2D eigenvalue weighted by Crippen LogP contribution is 2.38. The van der Waals surface area contributed by atoms with Crippen molar-refractivity contribution in [1.82, 2.24) is 14.9 Å². The van der Waals surface area contributed by atoms with Crippen LogP contribution in [0.4, 0.5) is 0 Å². The molecule has 1 aliphatic heterocycles. The van der Waals surface area contributed by atoms with Crippen LogP contribution in [0.2, 0.25) is 0 Å². The van der Waals surface area contributed by atoms with Crippen LogP contribution in [0.15, 0.2) is 72.9 Å². The molecule has 124 valence electrons. The molecule has 2 aromatic heterocycles. The molecule has 2 aromatic carbocycles. The van der Waals surface area contributed by atoms with Crippen LogP contribution in [0.5, 0.6) is 0 Å². The van der Waals surface area contributed by atoms with Crippen molar-refractivity contribution in [3.05, 3.63) is 95.4 Å². The minimum absolute atomic E-state index is 0.264. The SMILES string of the molecule is c1ccc(C2c3[nH]c4ccccc4c3CCN2Cc2ccc[nH]2)cc1. The van der Waals surface area contributed by atoms with Crippen LogP contribution < -0.4 is 0 Å². The Balaban J connectivity index is 1.64. The second-order valence-corrected chi connectivity index (χ2v) is 6.79. The number of H-pyrrole nitrogens is 2. The molecule has 1 unspecified atom stereocenters. The number of hydrogen-bond acceptors (Lipinski definition) is 1. The number of aromatic amines is 2. The predicted molar refractivity (Wildman–Crippen MR) is 101 cm³/mol. The summed E-state index contributed by atoms with van der Waals surface area (Å²) in [6, 6.07) is 24.0. The van der Waals surface area contributed by atoms with Crippen molar-refractivity contribution in [1.29, 1.82) is 0 Å². The molecule has 0 saturated carbocycles. The van der Waals surface area contributed by atoms with Gasteiger partial charge in [0.1, 0.15) is 0 Å². The van der Waals surface area contributed by atoms with E-state index in [9.17, 15) is 0 Å². The Hall–Kier alpha value is -2.78. The lowest BCUT2D eigenvalue weighted by Crippen LogP contribution is -2.35. The summed E-state index contributed by atoms with van der Waals surface area (Å²) in [6.45, 7) is 1.99. The van der Waals surface area contributed by atoms with E-state index in [-0.39, 0.29) is 6.04 Å². The lowest BCUT2D eigenvalue weighted by Gasteiger charge is -2.36. The lowest BCUT2D eigenvalue weighted by molar-refractivity contribution is 0.200. The molecule has 3 nitrogen and oxygen atoms in total. The molecule has 0 radical (unpaired) electrons. The van der Waals surface area contributed by atoms with Gasteiger partial charge in [0.15, 0.2) is 0 Å². The van der Waals surface area contributed by atoms with Crippen molar-refractivity contribution in [2.24, 2.45) is 0 Å². The maximum atomic E-state index is 3.72. The van der Waals surface area contributed by atoms with Gasteiger partial charge in [0, 0.05) is 41.6 Å². The number of hydrogen-bond donors (Lipinski definition) is 2. The number of aromatic nitrogens is 2. The van der Waals surface area contributed by atoms with Crippen LogP contribution in [0.3, 0.4) is 0 Å². The molecule has 0 fully saturated rings. The fourth-order valence-electron chi connectivity index (χ4n) is 4.16. The highest BCUT2D eigenvalue weighted by Gasteiger charge is 2.31. The van der Waals surface area contributed by atoms with Gasteiger partial charge in [-0.1, -0.05) is 48.5 Å². The molecule has 1 aliphatic rings. The van der Waals surface area contributed by atoms with Crippen LogP contribution in [-0.4, -0.2) is 21.4 Å². The van der Waals surface area contributed by atoms with Gasteiger partial charge in [-0.15, -0.1) is 0 Å². The number of para-hydroxylation sites is 1. The third-order valence-corrected chi connectivity index (χ3v) is 5.29. The Labute approximate surface area is 147 Å². The zero-order valence-electron chi connectivity index (χ0n) is 14.1. The molecule has 4 aromatic rings. The number of nitrogens with one attached hydrogen (secondary N) is 2. The monoisotopic (exact) mass is 327 g/mol. The third-order valence-electron chi connectivity index (χ3n) is 5.29. The summed E-state index contributed by atoms with van der Waals surface area (Å²) in [7, 11) is 0. The second-order valence-electron chi connectivity index (χ2n) is 6.79. The number of rotatable bonds is 3. The van der Waals surface area contributed by atoms with E-state index < -0.39 is 0 Å². The molecule has 3 heterocycles. The molecule has 1 atom stereocenters. The molecule has 0 aliphatic carbocycles. The third kappa shape index (κ3) is 2.48. The first kappa shape index (κ1) is 14.6. The summed E-state index contributed by atoms with van der Waals surface area (Å²) in [5.74, 6) is 0. The Morgan fingerprint density at radius 3 is 2.60 bits per heavy atom. The van der Waals surface area contributed by atoms with Crippen molar-refractivity contribution in [2.75, 3.05) is 6.54 Å². The van der Waals surface area contributed by atoms with Crippen LogP contribution in [0.25, 0.3) is 10.9 Å². The topological polar surface area (TPSA) is 34.8 Å². The van der Waals surface area contributed by atoms with Gasteiger partial charge < -0.3 is 9.97 Å². The van der Waals surface area contributed by atoms with E-state index in [0.717, 1.165) is 19.5 Å². The first-order chi connectivity index (χ1) is 12.4. The molecule has 5 rings (SSSR count). The van der Waals surface area contributed by atoms with E-state index in [0.29, 0.717) is 0 Å². The van der Waals surface area contributed by atoms with Crippen molar-refractivity contribution < 1.29 is 0 Å². The molecular formula is C22H21N3. The second kappa shape index (κ2) is 5.94. The van der Waals surface area contributed by atoms with Gasteiger partial charge in [-0.3, -0.25) is 4.90 Å². The van der Waals surface area contributed by atoms with E-state index in [1.165, 1.54) is 33.4 Å². The standard InChI is InChI=1S/C22H21N3/c1-2-7-16(8-3-1)22-21-19(18-10-4-5-11-20(18)24-21)12-14-25(22)15-17-9-6-13-23-17/h1-11,13,22-24H,12,14-15H2. The van der Waals surface area contributed by atoms with Crippen molar-refractivity contribution in [3.8, 4) is 0 Å². The van der Waals surface area contributed by atoms with Crippen LogP contribution in [-0.2, 0) is 13.0 Å². The first-order valence-corrected chi connectivity index (χ1v) is 8.91. The fraction of sp³-hybridized carbons (Fsp3) is 0.182. The quantitative estimate of drug-likeness (QED) is 0.565. The van der Waals surface area contributed by atoms with Gasteiger partial charge >= 0.3 is 0 Å². The average Bonchev–Trinajstić information content (AvgIpc) is 3.29. The molecule has 0 bridgehead atoms. The van der Waals surface area contributed by atoms with E-state index in [4.69, 9.17) is 0 Å². The molecule has 0 amide bonds. The maximum absolute atomic E-state index is 3.72. The van der Waals surface area contributed by atoms with E-state index in [2.05, 4.69) is 81.6 Å². The van der Waals surface area contributed by atoms with Crippen LogP contribution >= 0.6 is 0 Å². The van der Waals surface area contributed by atoms with Crippen molar-refractivity contribution >= 4 is 10.9 Å². The summed E-state index contributed by atoms with van der Waals surface area (Å²) >= 11 is 0.